The minimum Gasteiger partial charge on any atom is -0.369 e. The molecule has 2 aliphatic rings. The second-order valence-electron chi connectivity index (χ2n) is 13.3. The molecule has 0 saturated carbocycles. The zero-order chi connectivity index (χ0) is 33.0. The van der Waals surface area contributed by atoms with Crippen LogP contribution in [0, 0.1) is 0 Å². The zero-order valence-electron chi connectivity index (χ0n) is 26.8. The van der Waals surface area contributed by atoms with Gasteiger partial charge in [-0.05, 0) is 112 Å². The first kappa shape index (κ1) is 30.5. The number of rotatable bonds is 4. The summed E-state index contributed by atoms with van der Waals surface area (Å²) in [7, 11) is 2.18. The topological polar surface area (TPSA) is 35.6 Å². The van der Waals surface area contributed by atoms with E-state index in [9.17, 15) is 18.0 Å². The Kier molecular flexibility index (Phi) is 7.60. The summed E-state index contributed by atoms with van der Waals surface area (Å²) in [5.74, 6) is -0.250. The highest BCUT2D eigenvalue weighted by Crippen LogP contribution is 2.42. The maximum atomic E-state index is 13.4. The Morgan fingerprint density at radius 3 is 2.27 bits per heavy atom. The van der Waals surface area contributed by atoms with Crippen LogP contribution in [0.1, 0.15) is 45.0 Å². The molecule has 1 heterocycles. The van der Waals surface area contributed by atoms with Crippen molar-refractivity contribution in [1.29, 1.82) is 0 Å². The monoisotopic (exact) mass is 643 g/mol. The number of alkyl halides is 3. The Labute approximate surface area is 277 Å². The van der Waals surface area contributed by atoms with Crippen molar-refractivity contribution in [3.05, 3.63) is 131 Å². The van der Waals surface area contributed by atoms with Crippen molar-refractivity contribution in [3.8, 4) is 0 Å². The SMILES string of the molecule is CN1CCN(c2ccc3c(ccc4c5c(ccc43)CC(c3ccc4ccccc4c3NC(=O)c3ccc(C(F)(F)F)cc3)CC5)c2)CC1. The van der Waals surface area contributed by atoms with E-state index in [1.807, 2.05) is 24.3 Å². The van der Waals surface area contributed by atoms with Crippen LogP contribution in [0.4, 0.5) is 24.5 Å². The van der Waals surface area contributed by atoms with Gasteiger partial charge in [0.05, 0.1) is 11.3 Å². The minimum absolute atomic E-state index is 0.175. The molecule has 8 rings (SSSR count). The normalized spacial score (nSPS) is 17.2. The molecule has 48 heavy (non-hydrogen) atoms. The molecule has 6 aromatic rings. The lowest BCUT2D eigenvalue weighted by atomic mass is 9.77. The molecule has 0 aromatic heterocycles. The molecule has 1 N–H and O–H groups in total. The summed E-state index contributed by atoms with van der Waals surface area (Å²) in [6, 6.07) is 32.5. The van der Waals surface area contributed by atoms with Gasteiger partial charge >= 0.3 is 6.18 Å². The largest absolute Gasteiger partial charge is 0.416 e. The van der Waals surface area contributed by atoms with E-state index in [1.54, 1.807) is 0 Å². The van der Waals surface area contributed by atoms with Crippen LogP contribution in [-0.4, -0.2) is 44.0 Å². The molecule has 4 nitrogen and oxygen atoms in total. The summed E-state index contributed by atoms with van der Waals surface area (Å²) in [6.07, 6.45) is -1.77. The Bertz CT molecular complexity index is 2180. The first-order valence-electron chi connectivity index (χ1n) is 16.6. The smallest absolute Gasteiger partial charge is 0.369 e. The summed E-state index contributed by atoms with van der Waals surface area (Å²) in [6.45, 7) is 4.24. The van der Waals surface area contributed by atoms with E-state index in [-0.39, 0.29) is 11.5 Å². The molecule has 0 radical (unpaired) electrons. The van der Waals surface area contributed by atoms with Gasteiger partial charge < -0.3 is 15.1 Å². The van der Waals surface area contributed by atoms with Gasteiger partial charge in [0.1, 0.15) is 0 Å². The van der Waals surface area contributed by atoms with Crippen molar-refractivity contribution in [2.24, 2.45) is 0 Å². The number of fused-ring (bicyclic) bond motifs is 6. The lowest BCUT2D eigenvalue weighted by Gasteiger charge is -2.34. The van der Waals surface area contributed by atoms with Crippen molar-refractivity contribution in [2.45, 2.75) is 31.4 Å². The molecule has 6 aromatic carbocycles. The van der Waals surface area contributed by atoms with Gasteiger partial charge in [-0.15, -0.1) is 0 Å². The molecule has 1 unspecified atom stereocenters. The summed E-state index contributed by atoms with van der Waals surface area (Å²) < 4.78 is 39.4. The minimum atomic E-state index is -4.46. The second kappa shape index (κ2) is 12.0. The number of halogens is 3. The van der Waals surface area contributed by atoms with E-state index in [1.165, 1.54) is 50.5 Å². The number of hydrogen-bond acceptors (Lipinski definition) is 3. The van der Waals surface area contributed by atoms with Gasteiger partial charge in [0.25, 0.3) is 5.91 Å². The number of nitrogens with zero attached hydrogens (tertiary/aromatic N) is 2. The predicted molar refractivity (Wildman–Crippen MR) is 189 cm³/mol. The van der Waals surface area contributed by atoms with Gasteiger partial charge in [-0.25, -0.2) is 0 Å². The van der Waals surface area contributed by atoms with Crippen LogP contribution in [0.3, 0.4) is 0 Å². The molecule has 1 fully saturated rings. The lowest BCUT2D eigenvalue weighted by molar-refractivity contribution is -0.137. The molecule has 1 aliphatic carbocycles. The van der Waals surface area contributed by atoms with E-state index in [4.69, 9.17) is 0 Å². The van der Waals surface area contributed by atoms with Crippen molar-refractivity contribution >= 4 is 49.6 Å². The third-order valence-electron chi connectivity index (χ3n) is 10.4. The van der Waals surface area contributed by atoms with Gasteiger partial charge in [0, 0.05) is 42.8 Å². The van der Waals surface area contributed by atoms with E-state index in [2.05, 4.69) is 76.8 Å². The van der Waals surface area contributed by atoms with E-state index in [0.717, 1.165) is 79.6 Å². The fourth-order valence-electron chi connectivity index (χ4n) is 7.71. The van der Waals surface area contributed by atoms with Crippen molar-refractivity contribution in [2.75, 3.05) is 43.4 Å². The average Bonchev–Trinajstić information content (AvgIpc) is 3.11. The van der Waals surface area contributed by atoms with Gasteiger partial charge in [-0.3, -0.25) is 4.79 Å². The number of piperazine rings is 1. The molecule has 242 valence electrons. The maximum absolute atomic E-state index is 13.4. The molecule has 1 saturated heterocycles. The highest BCUT2D eigenvalue weighted by atomic mass is 19.4. The number of amides is 1. The Hall–Kier alpha value is -4.88. The summed E-state index contributed by atoms with van der Waals surface area (Å²) in [5.41, 5.74) is 5.19. The van der Waals surface area contributed by atoms with Gasteiger partial charge in [-0.2, -0.15) is 13.2 Å². The van der Waals surface area contributed by atoms with Crippen molar-refractivity contribution in [3.63, 3.8) is 0 Å². The molecule has 1 aliphatic heterocycles. The summed E-state index contributed by atoms with van der Waals surface area (Å²) >= 11 is 0. The van der Waals surface area contributed by atoms with Gasteiger partial charge in [0.2, 0.25) is 0 Å². The molecule has 1 amide bonds. The van der Waals surface area contributed by atoms with Gasteiger partial charge in [0.15, 0.2) is 0 Å². The zero-order valence-corrected chi connectivity index (χ0v) is 26.8. The number of hydrogen-bond donors (Lipinski definition) is 1. The summed E-state index contributed by atoms with van der Waals surface area (Å²) in [4.78, 5) is 18.3. The van der Waals surface area contributed by atoms with Crippen LogP contribution >= 0.6 is 0 Å². The van der Waals surface area contributed by atoms with Crippen LogP contribution < -0.4 is 10.2 Å². The maximum Gasteiger partial charge on any atom is 0.416 e. The molecular weight excluding hydrogens is 607 g/mol. The highest BCUT2D eigenvalue weighted by Gasteiger charge is 2.30. The van der Waals surface area contributed by atoms with E-state index in [0.29, 0.717) is 0 Å². The highest BCUT2D eigenvalue weighted by molar-refractivity contribution is 6.11. The quantitative estimate of drug-likeness (QED) is 0.195. The lowest BCUT2D eigenvalue weighted by Crippen LogP contribution is -2.44. The number of likely N-dealkylation sites (N-methyl/N-ethyl adjacent to an activating group) is 1. The van der Waals surface area contributed by atoms with Crippen LogP contribution in [0.5, 0.6) is 0 Å². The standard InChI is InChI=1S/C41H36F3N3O/c1-46-20-22-47(23-21-46)32-14-19-34-30(25-32)11-18-37-33-15-9-29(24-28(33)10-17-38(34)37)36-16-8-26-4-2-3-5-35(26)39(36)45-40(48)27-6-12-31(13-7-27)41(42,43)44/h2-8,10-14,16-19,25,29H,9,15,20-24H2,1H3,(H,45,48). The number of nitrogens with one attached hydrogen (secondary N) is 1. The summed E-state index contributed by atoms with van der Waals surface area (Å²) in [5, 5.41) is 10.1. The van der Waals surface area contributed by atoms with Crippen molar-refractivity contribution < 1.29 is 18.0 Å². The molecule has 1 atom stereocenters. The Morgan fingerprint density at radius 1 is 0.750 bits per heavy atom. The fraction of sp³-hybridized carbons (Fsp3) is 0.244. The average molecular weight is 644 g/mol. The first-order chi connectivity index (χ1) is 23.2. The fourth-order valence-corrected chi connectivity index (χ4v) is 7.71. The number of anilines is 2. The number of carbonyl (C=O) groups excluding carboxylic acids is 1. The van der Waals surface area contributed by atoms with Gasteiger partial charge in [-0.1, -0.05) is 66.7 Å². The first-order valence-corrected chi connectivity index (χ1v) is 16.6. The second-order valence-corrected chi connectivity index (χ2v) is 13.3. The molecule has 7 heteroatoms. The Morgan fingerprint density at radius 2 is 1.48 bits per heavy atom. The number of benzene rings is 6. The van der Waals surface area contributed by atoms with Crippen molar-refractivity contribution in [1.82, 2.24) is 4.90 Å². The number of carbonyl (C=O) groups is 1. The van der Waals surface area contributed by atoms with Crippen LogP contribution in [0.25, 0.3) is 32.3 Å². The number of aryl methyl sites for hydroxylation is 1. The molecule has 0 spiro atoms. The van der Waals surface area contributed by atoms with Crippen LogP contribution in [0.2, 0.25) is 0 Å². The third-order valence-corrected chi connectivity index (χ3v) is 10.4. The molecular formula is C41H36F3N3O. The predicted octanol–water partition coefficient (Wildman–Crippen LogP) is 9.44. The van der Waals surface area contributed by atoms with Crippen LogP contribution in [-0.2, 0) is 19.0 Å². The van der Waals surface area contributed by atoms with E-state index >= 15 is 0 Å². The Balaban J connectivity index is 1.10. The van der Waals surface area contributed by atoms with Crippen LogP contribution in [0.15, 0.2) is 103 Å². The molecule has 0 bridgehead atoms. The third kappa shape index (κ3) is 5.56. The van der Waals surface area contributed by atoms with E-state index < -0.39 is 17.6 Å².